The summed E-state index contributed by atoms with van der Waals surface area (Å²) in [4.78, 5) is 23.7. The summed E-state index contributed by atoms with van der Waals surface area (Å²) in [5, 5.41) is 4.32. The number of rotatable bonds is 5. The highest BCUT2D eigenvalue weighted by Crippen LogP contribution is 2.26. The van der Waals surface area contributed by atoms with Gasteiger partial charge in [-0.2, -0.15) is 0 Å². The van der Waals surface area contributed by atoms with Gasteiger partial charge in [-0.25, -0.2) is 13.2 Å². The number of hydrogen-bond acceptors (Lipinski definition) is 7. The zero-order valence-corrected chi connectivity index (χ0v) is 13.8. The van der Waals surface area contributed by atoms with Crippen LogP contribution in [0.4, 0.5) is 5.69 Å². The molecule has 2 rings (SSSR count). The lowest BCUT2D eigenvalue weighted by Gasteiger charge is -2.08. The number of carbonyl (C=O) groups is 2. The van der Waals surface area contributed by atoms with Crippen molar-refractivity contribution in [3.05, 3.63) is 16.3 Å². The highest BCUT2D eigenvalue weighted by Gasteiger charge is 2.28. The fourth-order valence-corrected chi connectivity index (χ4v) is 6.14. The number of ether oxygens (including phenoxy) is 1. The summed E-state index contributed by atoms with van der Waals surface area (Å²) in [6.07, 6.45) is 0.589. The molecule has 6 nitrogen and oxygen atoms in total. The first-order valence-corrected chi connectivity index (χ1v) is 9.94. The summed E-state index contributed by atoms with van der Waals surface area (Å²) in [7, 11) is -1.64. The molecule has 0 bridgehead atoms. The van der Waals surface area contributed by atoms with Crippen molar-refractivity contribution in [3.8, 4) is 0 Å². The van der Waals surface area contributed by atoms with Crippen LogP contribution in [0.3, 0.4) is 0 Å². The van der Waals surface area contributed by atoms with Gasteiger partial charge in [-0.05, 0) is 17.9 Å². The number of thioether (sulfide) groups is 1. The average molecular weight is 349 g/mol. The molecule has 1 aromatic heterocycles. The van der Waals surface area contributed by atoms with Crippen LogP contribution >= 0.6 is 23.1 Å². The third-order valence-electron chi connectivity index (χ3n) is 2.95. The van der Waals surface area contributed by atoms with Crippen LogP contribution in [0.25, 0.3) is 0 Å². The zero-order chi connectivity index (χ0) is 15.5. The van der Waals surface area contributed by atoms with Crippen LogP contribution in [0.2, 0.25) is 0 Å². The molecule has 1 fully saturated rings. The summed E-state index contributed by atoms with van der Waals surface area (Å²) < 4.78 is 27.3. The first-order chi connectivity index (χ1) is 9.91. The Bertz CT molecular complexity index is 637. The van der Waals surface area contributed by atoms with Crippen LogP contribution in [-0.2, 0) is 19.4 Å². The molecule has 0 aliphatic carbocycles. The number of thiophene rings is 1. The van der Waals surface area contributed by atoms with Gasteiger partial charge in [-0.1, -0.05) is 0 Å². The summed E-state index contributed by atoms with van der Waals surface area (Å²) in [6.45, 7) is 0. The fourth-order valence-electron chi connectivity index (χ4n) is 1.93. The number of methoxy groups -OCH3 is 1. The van der Waals surface area contributed by atoms with Gasteiger partial charge in [0, 0.05) is 5.25 Å². The van der Waals surface area contributed by atoms with Gasteiger partial charge in [-0.15, -0.1) is 23.1 Å². The highest BCUT2D eigenvalue weighted by molar-refractivity contribution is 8.02. The summed E-state index contributed by atoms with van der Waals surface area (Å²) in [5.74, 6) is -0.251. The fraction of sp³-hybridized carbons (Fsp3) is 0.500. The molecule has 116 valence electrons. The SMILES string of the molecule is COC(=O)c1sccc1NC(=O)CSC1CCS(=O)(=O)C1. The normalized spacial score (nSPS) is 20.1. The van der Waals surface area contributed by atoms with Gasteiger partial charge in [0.2, 0.25) is 5.91 Å². The van der Waals surface area contributed by atoms with Crippen molar-refractivity contribution < 1.29 is 22.7 Å². The Morgan fingerprint density at radius 2 is 2.29 bits per heavy atom. The van der Waals surface area contributed by atoms with Crippen LogP contribution in [-0.4, -0.2) is 49.9 Å². The van der Waals surface area contributed by atoms with Gasteiger partial charge in [0.25, 0.3) is 0 Å². The molecular formula is C12H15NO5S3. The number of esters is 1. The van der Waals surface area contributed by atoms with Crippen LogP contribution < -0.4 is 5.32 Å². The lowest BCUT2D eigenvalue weighted by atomic mass is 10.4. The Kier molecular flexibility index (Phi) is 5.28. The second-order valence-electron chi connectivity index (χ2n) is 4.54. The van der Waals surface area contributed by atoms with Crippen molar-refractivity contribution in [2.45, 2.75) is 11.7 Å². The van der Waals surface area contributed by atoms with E-state index in [0.29, 0.717) is 17.0 Å². The minimum Gasteiger partial charge on any atom is -0.465 e. The molecule has 1 unspecified atom stereocenters. The Balaban J connectivity index is 1.85. The number of anilines is 1. The first-order valence-electron chi connectivity index (χ1n) is 6.19. The predicted octanol–water partition coefficient (Wildman–Crippen LogP) is 1.39. The van der Waals surface area contributed by atoms with Gasteiger partial charge in [0.15, 0.2) is 9.84 Å². The summed E-state index contributed by atoms with van der Waals surface area (Å²) >= 11 is 2.52. The molecule has 2 heterocycles. The van der Waals surface area contributed by atoms with E-state index < -0.39 is 15.8 Å². The van der Waals surface area contributed by atoms with Crippen LogP contribution in [0.15, 0.2) is 11.4 Å². The van der Waals surface area contributed by atoms with Gasteiger partial charge < -0.3 is 10.1 Å². The van der Waals surface area contributed by atoms with E-state index >= 15 is 0 Å². The lowest BCUT2D eigenvalue weighted by Crippen LogP contribution is -2.18. The van der Waals surface area contributed by atoms with Crippen molar-refractivity contribution in [2.24, 2.45) is 0 Å². The highest BCUT2D eigenvalue weighted by atomic mass is 32.2. The maximum absolute atomic E-state index is 11.9. The van der Waals surface area contributed by atoms with Crippen molar-refractivity contribution in [1.29, 1.82) is 0 Å². The third-order valence-corrected chi connectivity index (χ3v) is 7.13. The molecule has 1 N–H and O–H groups in total. The van der Waals surface area contributed by atoms with Crippen LogP contribution in [0.5, 0.6) is 0 Å². The molecule has 1 aliphatic heterocycles. The van der Waals surface area contributed by atoms with E-state index in [4.69, 9.17) is 0 Å². The molecule has 1 atom stereocenters. The Labute approximate surface area is 131 Å². The van der Waals surface area contributed by atoms with E-state index in [1.807, 2.05) is 0 Å². The van der Waals surface area contributed by atoms with E-state index in [9.17, 15) is 18.0 Å². The quantitative estimate of drug-likeness (QED) is 0.808. The predicted molar refractivity (Wildman–Crippen MR) is 83.8 cm³/mol. The average Bonchev–Trinajstić information content (AvgIpc) is 3.02. The van der Waals surface area contributed by atoms with Crippen molar-refractivity contribution in [2.75, 3.05) is 29.7 Å². The van der Waals surface area contributed by atoms with E-state index in [2.05, 4.69) is 10.1 Å². The molecule has 9 heteroatoms. The topological polar surface area (TPSA) is 89.5 Å². The van der Waals surface area contributed by atoms with E-state index in [-0.39, 0.29) is 28.4 Å². The van der Waals surface area contributed by atoms with Gasteiger partial charge in [-0.3, -0.25) is 4.79 Å². The van der Waals surface area contributed by atoms with Crippen LogP contribution in [0.1, 0.15) is 16.1 Å². The number of carbonyl (C=O) groups excluding carboxylic acids is 2. The smallest absolute Gasteiger partial charge is 0.350 e. The second kappa shape index (κ2) is 6.80. The van der Waals surface area contributed by atoms with E-state index in [1.54, 1.807) is 11.4 Å². The second-order valence-corrected chi connectivity index (χ2v) is 8.97. The van der Waals surface area contributed by atoms with Gasteiger partial charge in [0.1, 0.15) is 4.88 Å². The number of sulfone groups is 1. The molecule has 0 saturated carbocycles. The maximum atomic E-state index is 11.9. The Morgan fingerprint density at radius 1 is 1.52 bits per heavy atom. The minimum atomic E-state index is -2.93. The minimum absolute atomic E-state index is 0.0247. The monoisotopic (exact) mass is 349 g/mol. The Hall–Kier alpha value is -1.06. The molecule has 1 aromatic rings. The number of nitrogens with one attached hydrogen (secondary N) is 1. The molecule has 0 spiro atoms. The van der Waals surface area contributed by atoms with Crippen molar-refractivity contribution >= 4 is 50.5 Å². The standard InChI is InChI=1S/C12H15NO5S3/c1-18-12(15)11-9(2-4-19-11)13-10(14)6-20-8-3-5-21(16,17)7-8/h2,4,8H,3,5-7H2,1H3,(H,13,14). The van der Waals surface area contributed by atoms with E-state index in [0.717, 1.165) is 0 Å². The number of hydrogen-bond donors (Lipinski definition) is 1. The molecule has 1 amide bonds. The lowest BCUT2D eigenvalue weighted by molar-refractivity contribution is -0.113. The molecular weight excluding hydrogens is 334 g/mol. The maximum Gasteiger partial charge on any atom is 0.350 e. The Morgan fingerprint density at radius 3 is 2.90 bits per heavy atom. The largest absolute Gasteiger partial charge is 0.465 e. The van der Waals surface area contributed by atoms with E-state index in [1.165, 1.54) is 30.2 Å². The van der Waals surface area contributed by atoms with Crippen molar-refractivity contribution in [1.82, 2.24) is 0 Å². The molecule has 1 saturated heterocycles. The first kappa shape index (κ1) is 16.3. The van der Waals surface area contributed by atoms with Gasteiger partial charge in [0.05, 0.1) is 30.1 Å². The van der Waals surface area contributed by atoms with Gasteiger partial charge >= 0.3 is 5.97 Å². The molecule has 21 heavy (non-hydrogen) atoms. The third kappa shape index (κ3) is 4.45. The summed E-state index contributed by atoms with van der Waals surface area (Å²) in [5.41, 5.74) is 0.427. The molecule has 0 aromatic carbocycles. The molecule has 1 aliphatic rings. The summed E-state index contributed by atoms with van der Waals surface area (Å²) in [6, 6.07) is 1.64. The molecule has 0 radical (unpaired) electrons. The number of amides is 1. The van der Waals surface area contributed by atoms with Crippen molar-refractivity contribution in [3.63, 3.8) is 0 Å². The zero-order valence-electron chi connectivity index (χ0n) is 11.3. The van der Waals surface area contributed by atoms with Crippen LogP contribution in [0, 0.1) is 0 Å².